The molecule has 2 aromatic heterocycles. The molecule has 7 nitrogen and oxygen atoms in total. The van der Waals surface area contributed by atoms with Gasteiger partial charge in [-0.25, -0.2) is 17.8 Å². The van der Waals surface area contributed by atoms with Gasteiger partial charge in [-0.3, -0.25) is 9.52 Å². The highest BCUT2D eigenvalue weighted by atomic mass is 32.2. The van der Waals surface area contributed by atoms with E-state index in [0.29, 0.717) is 23.9 Å². The average Bonchev–Trinajstić information content (AvgIpc) is 3.38. The van der Waals surface area contributed by atoms with Crippen molar-refractivity contribution >= 4 is 33.0 Å². The summed E-state index contributed by atoms with van der Waals surface area (Å²) in [5, 5.41) is 4.52. The number of rotatable bonds is 9. The zero-order valence-electron chi connectivity index (χ0n) is 17.8. The van der Waals surface area contributed by atoms with E-state index in [9.17, 15) is 17.6 Å². The largest absolute Gasteiger partial charge is 0.439 e. The van der Waals surface area contributed by atoms with Gasteiger partial charge in [0.1, 0.15) is 15.8 Å². The number of benzene rings is 2. The molecule has 2 aromatic carbocycles. The monoisotopic (exact) mass is 497 g/mol. The molecule has 4 aromatic rings. The maximum Gasteiger partial charge on any atom is 0.271 e. The predicted molar refractivity (Wildman–Crippen MR) is 128 cm³/mol. The first-order valence-corrected chi connectivity index (χ1v) is 12.5. The molecular weight excluding hydrogens is 477 g/mol. The topological polar surface area (TPSA) is 97.4 Å². The minimum Gasteiger partial charge on any atom is -0.439 e. The van der Waals surface area contributed by atoms with E-state index in [-0.39, 0.29) is 22.4 Å². The van der Waals surface area contributed by atoms with Gasteiger partial charge >= 0.3 is 0 Å². The molecule has 2 heterocycles. The molecule has 0 aliphatic rings. The first-order chi connectivity index (χ1) is 16.4. The number of hydrogen-bond donors (Lipinski definition) is 2. The first-order valence-electron chi connectivity index (χ1n) is 10.2. The van der Waals surface area contributed by atoms with Crippen LogP contribution in [0.3, 0.4) is 0 Å². The third-order valence-electron chi connectivity index (χ3n) is 4.65. The molecule has 4 rings (SSSR count). The van der Waals surface area contributed by atoms with E-state index >= 15 is 0 Å². The van der Waals surface area contributed by atoms with E-state index < -0.39 is 10.0 Å². The van der Waals surface area contributed by atoms with Gasteiger partial charge < -0.3 is 10.1 Å². The van der Waals surface area contributed by atoms with Crippen molar-refractivity contribution in [3.63, 3.8) is 0 Å². The molecule has 0 fully saturated rings. The minimum atomic E-state index is -3.61. The molecule has 1 amide bonds. The van der Waals surface area contributed by atoms with Crippen LogP contribution in [0.25, 0.3) is 0 Å². The predicted octanol–water partition coefficient (Wildman–Crippen LogP) is 4.73. The maximum atomic E-state index is 13.0. The molecule has 0 aliphatic heterocycles. The molecule has 0 bridgehead atoms. The number of carbonyl (C=O) groups excluding carboxylic acids is 1. The zero-order chi connectivity index (χ0) is 24.0. The van der Waals surface area contributed by atoms with Crippen molar-refractivity contribution in [3.05, 3.63) is 101 Å². The van der Waals surface area contributed by atoms with Crippen molar-refractivity contribution in [2.75, 3.05) is 4.72 Å². The number of aromatic nitrogens is 1. The van der Waals surface area contributed by atoms with Crippen molar-refractivity contribution < 1.29 is 22.3 Å². The molecule has 0 atom stereocenters. The van der Waals surface area contributed by atoms with Gasteiger partial charge in [0.15, 0.2) is 0 Å². The van der Waals surface area contributed by atoms with Crippen LogP contribution < -0.4 is 14.8 Å². The number of nitrogens with one attached hydrogen (secondary N) is 2. The van der Waals surface area contributed by atoms with Crippen molar-refractivity contribution in [3.8, 4) is 11.6 Å². The number of amides is 1. The molecule has 0 aliphatic carbocycles. The second-order valence-corrected chi connectivity index (χ2v) is 10.1. The quantitative estimate of drug-likeness (QED) is 0.348. The number of ether oxygens (including phenoxy) is 1. The fourth-order valence-electron chi connectivity index (χ4n) is 2.96. The van der Waals surface area contributed by atoms with Crippen LogP contribution in [0.1, 0.15) is 11.1 Å². The highest BCUT2D eigenvalue weighted by Crippen LogP contribution is 2.21. The first kappa shape index (κ1) is 23.4. The zero-order valence-corrected chi connectivity index (χ0v) is 19.4. The van der Waals surface area contributed by atoms with Crippen LogP contribution in [0.2, 0.25) is 0 Å². The Hall–Kier alpha value is -3.76. The van der Waals surface area contributed by atoms with Gasteiger partial charge in [0, 0.05) is 24.5 Å². The Morgan fingerprint density at radius 3 is 2.35 bits per heavy atom. The molecule has 0 saturated carbocycles. The summed E-state index contributed by atoms with van der Waals surface area (Å²) >= 11 is 1.14. The van der Waals surface area contributed by atoms with Crippen LogP contribution in [-0.4, -0.2) is 19.3 Å². The van der Waals surface area contributed by atoms with Gasteiger partial charge in [-0.05, 0) is 59.0 Å². The minimum absolute atomic E-state index is 0.150. The molecule has 0 radical (unpaired) electrons. The van der Waals surface area contributed by atoms with Gasteiger partial charge in [-0.1, -0.05) is 24.3 Å². The Bertz CT molecular complexity index is 1340. The van der Waals surface area contributed by atoms with Crippen molar-refractivity contribution in [2.45, 2.75) is 17.2 Å². The summed E-state index contributed by atoms with van der Waals surface area (Å²) in [5.41, 5.74) is 1.96. The molecule has 34 heavy (non-hydrogen) atoms. The fraction of sp³-hybridized carbons (Fsp3) is 0.0833. The maximum absolute atomic E-state index is 13.0. The second-order valence-electron chi connectivity index (χ2n) is 7.25. The van der Waals surface area contributed by atoms with E-state index in [1.54, 1.807) is 54.0 Å². The SMILES string of the molecule is O=C(Cc1ccc(NS(=O)(=O)c2cccs2)cc1)NCc1ccc(Oc2ccc(F)cc2)nc1. The summed E-state index contributed by atoms with van der Waals surface area (Å²) in [6.07, 6.45) is 1.74. The summed E-state index contributed by atoms with van der Waals surface area (Å²) in [7, 11) is -3.61. The number of anilines is 1. The van der Waals surface area contributed by atoms with Crippen LogP contribution in [0.4, 0.5) is 10.1 Å². The van der Waals surface area contributed by atoms with Gasteiger partial charge in [0.25, 0.3) is 10.0 Å². The lowest BCUT2D eigenvalue weighted by Gasteiger charge is -2.09. The van der Waals surface area contributed by atoms with E-state index in [2.05, 4.69) is 15.0 Å². The number of hydrogen-bond acceptors (Lipinski definition) is 6. The molecule has 0 saturated heterocycles. The van der Waals surface area contributed by atoms with Crippen LogP contribution in [0.5, 0.6) is 11.6 Å². The van der Waals surface area contributed by atoms with Gasteiger partial charge in [0.05, 0.1) is 6.42 Å². The average molecular weight is 498 g/mol. The Kier molecular flexibility index (Phi) is 7.19. The van der Waals surface area contributed by atoms with Gasteiger partial charge in [-0.15, -0.1) is 11.3 Å². The third-order valence-corrected chi connectivity index (χ3v) is 7.43. The Morgan fingerprint density at radius 2 is 1.71 bits per heavy atom. The lowest BCUT2D eigenvalue weighted by molar-refractivity contribution is -0.120. The highest BCUT2D eigenvalue weighted by molar-refractivity contribution is 7.94. The van der Waals surface area contributed by atoms with Crippen LogP contribution in [-0.2, 0) is 27.8 Å². The highest BCUT2D eigenvalue weighted by Gasteiger charge is 2.15. The Balaban J connectivity index is 1.25. The van der Waals surface area contributed by atoms with Crippen molar-refractivity contribution in [1.82, 2.24) is 10.3 Å². The summed E-state index contributed by atoms with van der Waals surface area (Å²) in [6.45, 7) is 0.293. The summed E-state index contributed by atoms with van der Waals surface area (Å²) in [4.78, 5) is 16.5. The summed E-state index contributed by atoms with van der Waals surface area (Å²) < 4.78 is 45.8. The van der Waals surface area contributed by atoms with Crippen LogP contribution in [0.15, 0.2) is 88.6 Å². The Labute approximate surface area is 200 Å². The molecule has 174 valence electrons. The molecule has 0 unspecified atom stereocenters. The summed E-state index contributed by atoms with van der Waals surface area (Å²) in [5.74, 6) is 0.302. The van der Waals surface area contributed by atoms with Crippen LogP contribution in [0, 0.1) is 5.82 Å². The lowest BCUT2D eigenvalue weighted by atomic mass is 10.1. The molecule has 0 spiro atoms. The van der Waals surface area contributed by atoms with E-state index in [1.807, 2.05) is 0 Å². The fourth-order valence-corrected chi connectivity index (χ4v) is 5.01. The number of thiophene rings is 1. The van der Waals surface area contributed by atoms with E-state index in [4.69, 9.17) is 4.74 Å². The van der Waals surface area contributed by atoms with Crippen molar-refractivity contribution in [2.24, 2.45) is 0 Å². The van der Waals surface area contributed by atoms with Crippen molar-refractivity contribution in [1.29, 1.82) is 0 Å². The van der Waals surface area contributed by atoms with E-state index in [1.165, 1.54) is 30.3 Å². The number of carbonyl (C=O) groups is 1. The number of halogens is 1. The number of pyridine rings is 1. The lowest BCUT2D eigenvalue weighted by Crippen LogP contribution is -2.24. The van der Waals surface area contributed by atoms with Gasteiger partial charge in [-0.2, -0.15) is 0 Å². The smallest absolute Gasteiger partial charge is 0.271 e. The molecule has 10 heteroatoms. The molecular formula is C24H20FN3O4S2. The molecule has 2 N–H and O–H groups in total. The number of sulfonamides is 1. The Morgan fingerprint density at radius 1 is 0.971 bits per heavy atom. The number of nitrogens with zero attached hydrogens (tertiary/aromatic N) is 1. The normalized spacial score (nSPS) is 11.1. The van der Waals surface area contributed by atoms with Crippen LogP contribution >= 0.6 is 11.3 Å². The summed E-state index contributed by atoms with van der Waals surface area (Å²) in [6, 6.07) is 18.9. The standard InChI is InChI=1S/C24H20FN3O4S2/c25-19-6-10-21(11-7-19)32-23-12-5-18(16-27-23)15-26-22(29)14-17-3-8-20(9-4-17)28-34(30,31)24-2-1-13-33-24/h1-13,16,28H,14-15H2,(H,26,29). The van der Waals surface area contributed by atoms with Gasteiger partial charge in [0.2, 0.25) is 11.8 Å². The third kappa shape index (κ3) is 6.40. The van der Waals surface area contributed by atoms with E-state index in [0.717, 1.165) is 22.5 Å². The second kappa shape index (κ2) is 10.4.